The van der Waals surface area contributed by atoms with Crippen molar-refractivity contribution in [2.75, 3.05) is 12.4 Å². The van der Waals surface area contributed by atoms with Gasteiger partial charge in [0.2, 0.25) is 0 Å². The van der Waals surface area contributed by atoms with Crippen molar-refractivity contribution < 1.29 is 31.8 Å². The molecule has 1 unspecified atom stereocenters. The first-order valence-electron chi connectivity index (χ1n) is 7.87. The molecule has 0 spiro atoms. The molecule has 0 bridgehead atoms. The van der Waals surface area contributed by atoms with Gasteiger partial charge in [-0.25, -0.2) is 18.6 Å². The van der Waals surface area contributed by atoms with Crippen LogP contribution in [0, 0.1) is 0 Å². The van der Waals surface area contributed by atoms with Gasteiger partial charge in [0.1, 0.15) is 23.6 Å². The molecule has 13 heteroatoms. The molecule has 29 heavy (non-hydrogen) atoms. The molecular formula is C16H12ClF4N5O3. The van der Waals surface area contributed by atoms with E-state index in [0.29, 0.717) is 0 Å². The van der Waals surface area contributed by atoms with Gasteiger partial charge in [0.15, 0.2) is 6.04 Å². The van der Waals surface area contributed by atoms with E-state index in [-0.39, 0.29) is 27.9 Å². The van der Waals surface area contributed by atoms with Crippen LogP contribution >= 0.6 is 11.6 Å². The van der Waals surface area contributed by atoms with Crippen molar-refractivity contribution in [1.82, 2.24) is 19.6 Å². The molecule has 0 amide bonds. The van der Waals surface area contributed by atoms with Gasteiger partial charge in [0.25, 0.3) is 12.2 Å². The van der Waals surface area contributed by atoms with E-state index in [0.717, 1.165) is 30.1 Å². The minimum absolute atomic E-state index is 0.0397. The lowest BCUT2D eigenvalue weighted by Crippen LogP contribution is -2.24. The summed E-state index contributed by atoms with van der Waals surface area (Å²) in [6, 6.07) is 3.23. The fourth-order valence-corrected chi connectivity index (χ4v) is 2.77. The summed E-state index contributed by atoms with van der Waals surface area (Å²) < 4.78 is 61.1. The first-order chi connectivity index (χ1) is 13.8. The Morgan fingerprint density at radius 3 is 2.62 bits per heavy atom. The monoisotopic (exact) mass is 433 g/mol. The van der Waals surface area contributed by atoms with Crippen molar-refractivity contribution in [1.29, 1.82) is 0 Å². The number of carbonyl (C=O) groups excluding carboxylic acids is 1. The van der Waals surface area contributed by atoms with E-state index in [9.17, 15) is 22.4 Å². The van der Waals surface area contributed by atoms with Crippen LogP contribution < -0.4 is 10.1 Å². The maximum Gasteiger partial charge on any atom is 0.387 e. The Labute approximate surface area is 165 Å². The molecule has 0 aliphatic heterocycles. The summed E-state index contributed by atoms with van der Waals surface area (Å²) in [5.74, 6) is -1.21. The maximum absolute atomic E-state index is 13.1. The molecule has 0 fully saturated rings. The van der Waals surface area contributed by atoms with Crippen LogP contribution in [0.15, 0.2) is 30.6 Å². The first-order valence-corrected chi connectivity index (χ1v) is 8.25. The molecule has 2 heterocycles. The number of aromatic nitrogens is 4. The number of halogens is 5. The number of methoxy groups -OCH3 is 1. The Hall–Kier alpha value is -3.15. The quantitative estimate of drug-likeness (QED) is 0.449. The second-order valence-electron chi connectivity index (χ2n) is 5.50. The van der Waals surface area contributed by atoms with Crippen LogP contribution in [-0.2, 0) is 9.53 Å². The van der Waals surface area contributed by atoms with E-state index in [1.54, 1.807) is 0 Å². The van der Waals surface area contributed by atoms with Crippen molar-refractivity contribution in [3.63, 3.8) is 0 Å². The number of esters is 1. The van der Waals surface area contributed by atoms with Crippen molar-refractivity contribution in [3.05, 3.63) is 46.9 Å². The zero-order valence-corrected chi connectivity index (χ0v) is 15.3. The average molecular weight is 434 g/mol. The summed E-state index contributed by atoms with van der Waals surface area (Å²) in [4.78, 5) is 19.7. The highest BCUT2D eigenvalue weighted by atomic mass is 35.5. The number of benzene rings is 1. The third-order valence-electron chi connectivity index (χ3n) is 3.73. The van der Waals surface area contributed by atoms with Crippen LogP contribution in [0.2, 0.25) is 5.02 Å². The van der Waals surface area contributed by atoms with Gasteiger partial charge in [0, 0.05) is 11.6 Å². The Morgan fingerprint density at radius 1 is 1.24 bits per heavy atom. The van der Waals surface area contributed by atoms with Gasteiger partial charge in [-0.1, -0.05) is 17.7 Å². The van der Waals surface area contributed by atoms with Crippen LogP contribution in [0.25, 0.3) is 5.78 Å². The summed E-state index contributed by atoms with van der Waals surface area (Å²) in [5.41, 5.74) is -0.466. The Morgan fingerprint density at radius 2 is 2.00 bits per heavy atom. The summed E-state index contributed by atoms with van der Waals surface area (Å²) in [5, 5.41) is 6.48. The molecule has 0 aliphatic rings. The highest BCUT2D eigenvalue weighted by Crippen LogP contribution is 2.32. The lowest BCUT2D eigenvalue weighted by molar-refractivity contribution is -0.141. The van der Waals surface area contributed by atoms with Crippen LogP contribution in [0.3, 0.4) is 0 Å². The third kappa shape index (κ3) is 4.47. The fourth-order valence-electron chi connectivity index (χ4n) is 2.49. The molecule has 0 saturated carbocycles. The van der Waals surface area contributed by atoms with Gasteiger partial charge in [-0.05, 0) is 12.1 Å². The minimum Gasteiger partial charge on any atom is -0.467 e. The van der Waals surface area contributed by atoms with Crippen molar-refractivity contribution >= 4 is 29.2 Å². The normalized spacial score (nSPS) is 12.4. The molecule has 8 nitrogen and oxygen atoms in total. The largest absolute Gasteiger partial charge is 0.467 e. The molecule has 1 atom stereocenters. The van der Waals surface area contributed by atoms with E-state index >= 15 is 0 Å². The minimum atomic E-state index is -3.06. The van der Waals surface area contributed by atoms with Gasteiger partial charge >= 0.3 is 12.6 Å². The molecule has 0 aliphatic carbocycles. The highest BCUT2D eigenvalue weighted by Gasteiger charge is 2.26. The molecule has 3 aromatic rings. The Kier molecular flexibility index (Phi) is 6.01. The Balaban J connectivity index is 2.02. The number of carbonyl (C=O) groups is 1. The highest BCUT2D eigenvalue weighted by molar-refractivity contribution is 6.31. The second kappa shape index (κ2) is 8.47. The number of fused-ring (bicyclic) bond motifs is 1. The molecule has 0 saturated heterocycles. The lowest BCUT2D eigenvalue weighted by Gasteiger charge is -2.20. The van der Waals surface area contributed by atoms with E-state index in [1.165, 1.54) is 12.1 Å². The number of nitrogens with one attached hydrogen (secondary N) is 1. The Bertz CT molecular complexity index is 1030. The molecular weight excluding hydrogens is 422 g/mol. The van der Waals surface area contributed by atoms with Gasteiger partial charge in [-0.15, -0.1) is 0 Å². The van der Waals surface area contributed by atoms with Gasteiger partial charge < -0.3 is 14.8 Å². The predicted octanol–water partition coefficient (Wildman–Crippen LogP) is 3.64. The molecule has 0 radical (unpaired) electrons. The smallest absolute Gasteiger partial charge is 0.387 e. The summed E-state index contributed by atoms with van der Waals surface area (Å²) in [7, 11) is 1.11. The van der Waals surface area contributed by atoms with E-state index in [1.807, 2.05) is 0 Å². The zero-order chi connectivity index (χ0) is 21.1. The third-order valence-corrected chi connectivity index (χ3v) is 4.06. The first kappa shape index (κ1) is 20.6. The van der Waals surface area contributed by atoms with Gasteiger partial charge in [0.05, 0.1) is 12.1 Å². The number of hydrogen-bond donors (Lipinski definition) is 1. The topological polar surface area (TPSA) is 90.6 Å². The van der Waals surface area contributed by atoms with E-state index in [2.05, 4.69) is 25.1 Å². The summed E-state index contributed by atoms with van der Waals surface area (Å²) in [6.45, 7) is -3.06. The van der Waals surface area contributed by atoms with Crippen molar-refractivity contribution in [2.24, 2.45) is 0 Å². The SMILES string of the molecule is COC(=O)C(Nc1cc(C(F)F)nc2ncnn12)c1ccc(OC(F)F)cc1Cl. The lowest BCUT2D eigenvalue weighted by atomic mass is 10.1. The summed E-state index contributed by atoms with van der Waals surface area (Å²) in [6.07, 6.45) is -1.80. The van der Waals surface area contributed by atoms with Gasteiger partial charge in [-0.2, -0.15) is 23.4 Å². The number of alkyl halides is 4. The van der Waals surface area contributed by atoms with E-state index < -0.39 is 30.7 Å². The number of nitrogens with zero attached hydrogens (tertiary/aromatic N) is 4. The molecule has 1 aromatic carbocycles. The molecule has 1 N–H and O–H groups in total. The van der Waals surface area contributed by atoms with Crippen molar-refractivity contribution in [2.45, 2.75) is 19.1 Å². The molecule has 154 valence electrons. The van der Waals surface area contributed by atoms with Crippen LogP contribution in [0.4, 0.5) is 23.4 Å². The number of hydrogen-bond acceptors (Lipinski definition) is 7. The maximum atomic E-state index is 13.1. The predicted molar refractivity (Wildman–Crippen MR) is 92.2 cm³/mol. The number of ether oxygens (including phenoxy) is 2. The summed E-state index contributed by atoms with van der Waals surface area (Å²) >= 11 is 6.11. The molecule has 2 aromatic heterocycles. The standard InChI is InChI=1S/C16H12ClF4N5O3/c1-28-14(27)12(8-3-2-7(4-9(8)17)29-15(20)21)25-11-5-10(13(18)19)24-16-22-6-23-26(11)16/h2-6,12-13,15,25H,1H3. The van der Waals surface area contributed by atoms with Crippen LogP contribution in [0.5, 0.6) is 5.75 Å². The van der Waals surface area contributed by atoms with Crippen molar-refractivity contribution in [3.8, 4) is 5.75 Å². The molecule has 3 rings (SSSR count). The van der Waals surface area contributed by atoms with Gasteiger partial charge in [-0.3, -0.25) is 0 Å². The second-order valence-corrected chi connectivity index (χ2v) is 5.91. The fraction of sp³-hybridized carbons (Fsp3) is 0.250. The van der Waals surface area contributed by atoms with Crippen LogP contribution in [-0.4, -0.2) is 39.3 Å². The van der Waals surface area contributed by atoms with E-state index in [4.69, 9.17) is 16.3 Å². The number of rotatable bonds is 7. The zero-order valence-electron chi connectivity index (χ0n) is 14.5. The number of anilines is 1. The average Bonchev–Trinajstić information content (AvgIpc) is 3.14. The van der Waals surface area contributed by atoms with Crippen LogP contribution in [0.1, 0.15) is 23.7 Å².